The van der Waals surface area contributed by atoms with E-state index in [2.05, 4.69) is 5.32 Å². The van der Waals surface area contributed by atoms with Crippen molar-refractivity contribution in [2.75, 3.05) is 6.54 Å². The number of nitrogens with one attached hydrogen (secondary N) is 1. The van der Waals surface area contributed by atoms with Crippen LogP contribution in [0.3, 0.4) is 0 Å². The number of rotatable bonds is 2. The number of carbonyl (C=O) groups is 2. The molecular weight excluding hydrogens is 208 g/mol. The van der Waals surface area contributed by atoms with Crippen molar-refractivity contribution >= 4 is 11.8 Å². The average molecular weight is 226 g/mol. The number of fused-ring (bicyclic) bond motifs is 1. The van der Waals surface area contributed by atoms with E-state index in [0.29, 0.717) is 25.3 Å². The van der Waals surface area contributed by atoms with Crippen LogP contribution in [-0.4, -0.2) is 46.6 Å². The predicted octanol–water partition coefficient (Wildman–Crippen LogP) is -0.507. The minimum Gasteiger partial charge on any atom is -0.391 e. The molecule has 3 atom stereocenters. The molecule has 2 saturated heterocycles. The van der Waals surface area contributed by atoms with Crippen molar-refractivity contribution in [3.8, 4) is 0 Å². The predicted molar refractivity (Wildman–Crippen MR) is 57.5 cm³/mol. The fourth-order valence-corrected chi connectivity index (χ4v) is 2.47. The van der Waals surface area contributed by atoms with E-state index in [-0.39, 0.29) is 11.8 Å². The number of aliphatic hydroxyl groups is 1. The van der Waals surface area contributed by atoms with E-state index in [1.807, 2.05) is 13.8 Å². The van der Waals surface area contributed by atoms with Gasteiger partial charge in [0, 0.05) is 13.0 Å². The summed E-state index contributed by atoms with van der Waals surface area (Å²) < 4.78 is 0. The quantitative estimate of drug-likeness (QED) is 0.666. The summed E-state index contributed by atoms with van der Waals surface area (Å²) in [4.78, 5) is 25.3. The van der Waals surface area contributed by atoms with E-state index in [0.717, 1.165) is 0 Å². The minimum atomic E-state index is -0.558. The fraction of sp³-hybridized carbons (Fsp3) is 0.818. The zero-order valence-electron chi connectivity index (χ0n) is 9.64. The van der Waals surface area contributed by atoms with Gasteiger partial charge in [-0.3, -0.25) is 9.59 Å². The largest absolute Gasteiger partial charge is 0.391 e. The Balaban J connectivity index is 2.12. The van der Waals surface area contributed by atoms with Crippen LogP contribution in [-0.2, 0) is 9.59 Å². The van der Waals surface area contributed by atoms with Crippen molar-refractivity contribution in [1.82, 2.24) is 10.2 Å². The lowest BCUT2D eigenvalue weighted by Gasteiger charge is -2.35. The molecule has 2 fully saturated rings. The van der Waals surface area contributed by atoms with Crippen molar-refractivity contribution in [3.63, 3.8) is 0 Å². The zero-order chi connectivity index (χ0) is 11.9. The Kier molecular flexibility index (Phi) is 2.88. The maximum absolute atomic E-state index is 12.0. The van der Waals surface area contributed by atoms with Gasteiger partial charge in [-0.15, -0.1) is 0 Å². The van der Waals surface area contributed by atoms with Gasteiger partial charge >= 0.3 is 0 Å². The summed E-state index contributed by atoms with van der Waals surface area (Å²) in [7, 11) is 0. The highest BCUT2D eigenvalue weighted by molar-refractivity contribution is 5.97. The van der Waals surface area contributed by atoms with Crippen LogP contribution >= 0.6 is 0 Å². The first-order valence-corrected chi connectivity index (χ1v) is 5.78. The van der Waals surface area contributed by atoms with Crippen LogP contribution in [0.5, 0.6) is 0 Å². The number of piperazine rings is 1. The number of hydrogen-bond donors (Lipinski definition) is 2. The SMILES string of the molecule is CC(C)C[C@H]1NC(=O)[C@H]2C[C@H](O)CN2C1=O. The van der Waals surface area contributed by atoms with Gasteiger partial charge in [0.25, 0.3) is 0 Å². The highest BCUT2D eigenvalue weighted by Crippen LogP contribution is 2.24. The molecule has 2 aliphatic rings. The molecule has 0 saturated carbocycles. The topological polar surface area (TPSA) is 69.6 Å². The van der Waals surface area contributed by atoms with Crippen LogP contribution in [0.2, 0.25) is 0 Å². The van der Waals surface area contributed by atoms with Crippen molar-refractivity contribution < 1.29 is 14.7 Å². The molecule has 16 heavy (non-hydrogen) atoms. The molecule has 0 aliphatic carbocycles. The summed E-state index contributed by atoms with van der Waals surface area (Å²) in [5, 5.41) is 12.2. The van der Waals surface area contributed by atoms with E-state index >= 15 is 0 Å². The smallest absolute Gasteiger partial charge is 0.245 e. The van der Waals surface area contributed by atoms with Crippen LogP contribution in [0.1, 0.15) is 26.7 Å². The number of amides is 2. The lowest BCUT2D eigenvalue weighted by molar-refractivity contribution is -0.147. The molecule has 2 heterocycles. The van der Waals surface area contributed by atoms with Gasteiger partial charge in [0.2, 0.25) is 11.8 Å². The molecule has 0 aromatic carbocycles. The minimum absolute atomic E-state index is 0.0464. The molecule has 90 valence electrons. The first-order chi connectivity index (χ1) is 7.49. The first-order valence-electron chi connectivity index (χ1n) is 5.78. The van der Waals surface area contributed by atoms with Gasteiger partial charge in [-0.2, -0.15) is 0 Å². The second-order valence-corrected chi connectivity index (χ2v) is 5.09. The molecule has 2 amide bonds. The van der Waals surface area contributed by atoms with Gasteiger partial charge in [-0.1, -0.05) is 13.8 Å². The standard InChI is InChI=1S/C11H18N2O3/c1-6(2)3-8-11(16)13-5-7(14)4-9(13)10(15)12-8/h6-9,14H,3-5H2,1-2H3,(H,12,15)/t7-,8+,9+/m0/s1. The molecule has 5 nitrogen and oxygen atoms in total. The third-order valence-electron chi connectivity index (χ3n) is 3.19. The van der Waals surface area contributed by atoms with Gasteiger partial charge in [-0.05, 0) is 12.3 Å². The van der Waals surface area contributed by atoms with Crippen molar-refractivity contribution in [2.24, 2.45) is 5.92 Å². The third kappa shape index (κ3) is 1.91. The second-order valence-electron chi connectivity index (χ2n) is 5.09. The monoisotopic (exact) mass is 226 g/mol. The molecule has 0 spiro atoms. The number of hydrogen-bond acceptors (Lipinski definition) is 3. The molecule has 2 rings (SSSR count). The van der Waals surface area contributed by atoms with Gasteiger partial charge in [0.05, 0.1) is 6.10 Å². The molecular formula is C11H18N2O3. The van der Waals surface area contributed by atoms with Gasteiger partial charge in [0.15, 0.2) is 0 Å². The van der Waals surface area contributed by atoms with E-state index in [4.69, 9.17) is 0 Å². The summed E-state index contributed by atoms with van der Waals surface area (Å²) in [5.41, 5.74) is 0. The van der Waals surface area contributed by atoms with Crippen molar-refractivity contribution in [2.45, 2.75) is 44.9 Å². The van der Waals surface area contributed by atoms with E-state index in [1.54, 1.807) is 0 Å². The lowest BCUT2D eigenvalue weighted by Crippen LogP contribution is -2.61. The Bertz CT molecular complexity index is 316. The molecule has 2 aliphatic heterocycles. The summed E-state index contributed by atoms with van der Waals surface area (Å²) in [6.45, 7) is 4.33. The van der Waals surface area contributed by atoms with Gasteiger partial charge in [0.1, 0.15) is 12.1 Å². The normalized spacial score (nSPS) is 34.2. The number of carbonyl (C=O) groups excluding carboxylic acids is 2. The maximum atomic E-state index is 12.0. The summed E-state index contributed by atoms with van der Waals surface area (Å²) in [5.74, 6) is 0.190. The fourth-order valence-electron chi connectivity index (χ4n) is 2.47. The Morgan fingerprint density at radius 3 is 2.81 bits per heavy atom. The summed E-state index contributed by atoms with van der Waals surface area (Å²) >= 11 is 0. The second kappa shape index (κ2) is 4.05. The van der Waals surface area contributed by atoms with E-state index in [1.165, 1.54) is 4.90 Å². The van der Waals surface area contributed by atoms with E-state index in [9.17, 15) is 14.7 Å². The van der Waals surface area contributed by atoms with Crippen LogP contribution < -0.4 is 5.32 Å². The van der Waals surface area contributed by atoms with E-state index < -0.39 is 18.2 Å². The molecule has 5 heteroatoms. The number of nitrogens with zero attached hydrogens (tertiary/aromatic N) is 1. The summed E-state index contributed by atoms with van der Waals surface area (Å²) in [6.07, 6.45) is 0.466. The first kappa shape index (κ1) is 11.4. The Morgan fingerprint density at radius 1 is 1.50 bits per heavy atom. The average Bonchev–Trinajstić information content (AvgIpc) is 2.56. The molecule has 2 N–H and O–H groups in total. The van der Waals surface area contributed by atoms with Crippen molar-refractivity contribution in [1.29, 1.82) is 0 Å². The molecule has 0 unspecified atom stereocenters. The molecule has 0 bridgehead atoms. The molecule has 0 aromatic heterocycles. The van der Waals surface area contributed by atoms with Crippen LogP contribution in [0.25, 0.3) is 0 Å². The van der Waals surface area contributed by atoms with Crippen molar-refractivity contribution in [3.05, 3.63) is 0 Å². The Hall–Kier alpha value is -1.10. The van der Waals surface area contributed by atoms with Crippen LogP contribution in [0, 0.1) is 5.92 Å². The molecule has 0 aromatic rings. The van der Waals surface area contributed by atoms with Gasteiger partial charge in [-0.25, -0.2) is 0 Å². The zero-order valence-corrected chi connectivity index (χ0v) is 9.64. The number of aliphatic hydroxyl groups excluding tert-OH is 1. The maximum Gasteiger partial charge on any atom is 0.245 e. The Morgan fingerprint density at radius 2 is 2.19 bits per heavy atom. The van der Waals surface area contributed by atoms with Crippen LogP contribution in [0.4, 0.5) is 0 Å². The third-order valence-corrected chi connectivity index (χ3v) is 3.19. The Labute approximate surface area is 94.8 Å². The van der Waals surface area contributed by atoms with Crippen LogP contribution in [0.15, 0.2) is 0 Å². The molecule has 0 radical (unpaired) electrons. The highest BCUT2D eigenvalue weighted by Gasteiger charge is 2.45. The highest BCUT2D eigenvalue weighted by atomic mass is 16.3. The lowest BCUT2D eigenvalue weighted by atomic mass is 9.99. The van der Waals surface area contributed by atoms with Gasteiger partial charge < -0.3 is 15.3 Å². The summed E-state index contributed by atoms with van der Waals surface area (Å²) in [6, 6.07) is -0.861.